The Balaban J connectivity index is 1.89. The fourth-order valence-corrected chi connectivity index (χ4v) is 2.94. The second kappa shape index (κ2) is 9.63. The third-order valence-corrected chi connectivity index (χ3v) is 5.16. The van der Waals surface area contributed by atoms with Crippen molar-refractivity contribution in [1.82, 2.24) is 10.6 Å². The minimum absolute atomic E-state index is 0.0156. The summed E-state index contributed by atoms with van der Waals surface area (Å²) in [6, 6.07) is 13.1. The molecule has 0 aliphatic rings. The average molecular weight is 481 g/mol. The third-order valence-electron chi connectivity index (χ3n) is 3.79. The van der Waals surface area contributed by atoms with Gasteiger partial charge in [-0.05, 0) is 83.5 Å². The van der Waals surface area contributed by atoms with Crippen molar-refractivity contribution in [2.75, 3.05) is 12.4 Å². The standard InChI is InChI=1S/C19H20IN3O2S/c1-12-3-7-14(11-16(12)20)18(25)23-19(26)22-15-8-4-13(5-9-15)6-10-17(24)21-2/h3-5,7-9,11H,6,10H2,1-2H3,(H,21,24)(H2,22,23,25,26). The highest BCUT2D eigenvalue weighted by Gasteiger charge is 2.09. The minimum atomic E-state index is -0.248. The highest BCUT2D eigenvalue weighted by atomic mass is 127. The maximum atomic E-state index is 12.3. The fourth-order valence-electron chi connectivity index (χ4n) is 2.21. The number of nitrogens with one attached hydrogen (secondary N) is 3. The van der Waals surface area contributed by atoms with Crippen LogP contribution in [-0.4, -0.2) is 24.0 Å². The summed E-state index contributed by atoms with van der Waals surface area (Å²) in [7, 11) is 1.63. The summed E-state index contributed by atoms with van der Waals surface area (Å²) in [5.74, 6) is -0.232. The topological polar surface area (TPSA) is 70.2 Å². The molecule has 0 aliphatic heterocycles. The molecule has 2 amide bonds. The zero-order valence-electron chi connectivity index (χ0n) is 14.6. The van der Waals surface area contributed by atoms with Crippen molar-refractivity contribution in [3.8, 4) is 0 Å². The molecule has 0 saturated heterocycles. The Morgan fingerprint density at radius 1 is 1.12 bits per heavy atom. The molecule has 7 heteroatoms. The van der Waals surface area contributed by atoms with Crippen LogP contribution in [0, 0.1) is 10.5 Å². The van der Waals surface area contributed by atoms with E-state index in [1.54, 1.807) is 13.1 Å². The van der Waals surface area contributed by atoms with Crippen LogP contribution in [0.5, 0.6) is 0 Å². The van der Waals surface area contributed by atoms with Gasteiger partial charge in [-0.3, -0.25) is 14.9 Å². The van der Waals surface area contributed by atoms with Crippen LogP contribution >= 0.6 is 34.8 Å². The molecule has 0 spiro atoms. The molecule has 2 aromatic rings. The number of thiocarbonyl (C=S) groups is 1. The number of anilines is 1. The predicted molar refractivity (Wildman–Crippen MR) is 116 cm³/mol. The van der Waals surface area contributed by atoms with Gasteiger partial charge in [0, 0.05) is 28.3 Å². The molecule has 0 aliphatic carbocycles. The molecule has 26 heavy (non-hydrogen) atoms. The molecular weight excluding hydrogens is 461 g/mol. The Hall–Kier alpha value is -2.00. The Morgan fingerprint density at radius 2 is 1.81 bits per heavy atom. The molecular formula is C19H20IN3O2S. The molecule has 0 heterocycles. The number of benzene rings is 2. The summed E-state index contributed by atoms with van der Waals surface area (Å²) in [6.45, 7) is 1.99. The van der Waals surface area contributed by atoms with Crippen molar-refractivity contribution >= 4 is 57.4 Å². The van der Waals surface area contributed by atoms with Gasteiger partial charge in [-0.25, -0.2) is 0 Å². The molecule has 0 unspecified atom stereocenters. The number of amides is 2. The van der Waals surface area contributed by atoms with E-state index in [1.165, 1.54) is 0 Å². The first kappa shape index (κ1) is 20.3. The van der Waals surface area contributed by atoms with E-state index >= 15 is 0 Å². The van der Waals surface area contributed by atoms with Crippen LogP contribution in [0.25, 0.3) is 0 Å². The number of aryl methyl sites for hydroxylation is 2. The molecule has 5 nitrogen and oxygen atoms in total. The SMILES string of the molecule is CNC(=O)CCc1ccc(NC(=S)NC(=O)c2ccc(C)c(I)c2)cc1. The molecule has 136 valence electrons. The summed E-state index contributed by atoms with van der Waals surface area (Å²) < 4.78 is 1.03. The van der Waals surface area contributed by atoms with Crippen molar-refractivity contribution < 1.29 is 9.59 Å². The lowest BCUT2D eigenvalue weighted by Gasteiger charge is -2.11. The van der Waals surface area contributed by atoms with E-state index in [-0.39, 0.29) is 16.9 Å². The zero-order chi connectivity index (χ0) is 19.1. The Bertz CT molecular complexity index is 822. The van der Waals surface area contributed by atoms with Gasteiger partial charge in [0.25, 0.3) is 5.91 Å². The molecule has 0 fully saturated rings. The first-order chi connectivity index (χ1) is 12.4. The number of hydrogen-bond donors (Lipinski definition) is 3. The molecule has 3 N–H and O–H groups in total. The van der Waals surface area contributed by atoms with E-state index < -0.39 is 0 Å². The van der Waals surface area contributed by atoms with Crippen LogP contribution < -0.4 is 16.0 Å². The first-order valence-corrected chi connectivity index (χ1v) is 9.55. The smallest absolute Gasteiger partial charge is 0.257 e. The Kier molecular flexibility index (Phi) is 7.52. The van der Waals surface area contributed by atoms with Crippen LogP contribution in [-0.2, 0) is 11.2 Å². The number of carbonyl (C=O) groups is 2. The van der Waals surface area contributed by atoms with Crippen molar-refractivity contribution in [2.24, 2.45) is 0 Å². The second-order valence-electron chi connectivity index (χ2n) is 5.74. The van der Waals surface area contributed by atoms with Gasteiger partial charge < -0.3 is 10.6 Å². The van der Waals surface area contributed by atoms with Gasteiger partial charge in [0.1, 0.15) is 0 Å². The molecule has 2 aromatic carbocycles. The van der Waals surface area contributed by atoms with Crippen molar-refractivity contribution in [1.29, 1.82) is 0 Å². The molecule has 0 atom stereocenters. The number of halogens is 1. The van der Waals surface area contributed by atoms with E-state index in [0.29, 0.717) is 18.4 Å². The normalized spacial score (nSPS) is 10.1. The van der Waals surface area contributed by atoms with Gasteiger partial charge >= 0.3 is 0 Å². The summed E-state index contributed by atoms with van der Waals surface area (Å²) >= 11 is 7.41. The second-order valence-corrected chi connectivity index (χ2v) is 7.31. The Morgan fingerprint density at radius 3 is 2.42 bits per heavy atom. The molecule has 0 saturated carbocycles. The number of hydrogen-bond acceptors (Lipinski definition) is 3. The van der Waals surface area contributed by atoms with Gasteiger partial charge in [-0.1, -0.05) is 18.2 Å². The van der Waals surface area contributed by atoms with Crippen LogP contribution in [0.1, 0.15) is 27.9 Å². The number of rotatable bonds is 5. The lowest BCUT2D eigenvalue weighted by atomic mass is 10.1. The highest BCUT2D eigenvalue weighted by molar-refractivity contribution is 14.1. The largest absolute Gasteiger partial charge is 0.359 e. The maximum Gasteiger partial charge on any atom is 0.257 e. The van der Waals surface area contributed by atoms with E-state index in [9.17, 15) is 9.59 Å². The predicted octanol–water partition coefficient (Wildman–Crippen LogP) is 3.41. The van der Waals surface area contributed by atoms with Crippen LogP contribution in [0.3, 0.4) is 0 Å². The fraction of sp³-hybridized carbons (Fsp3) is 0.211. The first-order valence-electron chi connectivity index (χ1n) is 8.07. The average Bonchev–Trinajstić information content (AvgIpc) is 2.62. The van der Waals surface area contributed by atoms with Crippen molar-refractivity contribution in [3.05, 3.63) is 62.7 Å². The van der Waals surface area contributed by atoms with E-state index in [1.807, 2.05) is 43.3 Å². The summed E-state index contributed by atoms with van der Waals surface area (Å²) in [4.78, 5) is 23.5. The van der Waals surface area contributed by atoms with E-state index in [4.69, 9.17) is 12.2 Å². The maximum absolute atomic E-state index is 12.3. The van der Waals surface area contributed by atoms with Gasteiger partial charge in [-0.2, -0.15) is 0 Å². The zero-order valence-corrected chi connectivity index (χ0v) is 17.5. The Labute approximate surface area is 172 Å². The highest BCUT2D eigenvalue weighted by Crippen LogP contribution is 2.14. The lowest BCUT2D eigenvalue weighted by Crippen LogP contribution is -2.34. The van der Waals surface area contributed by atoms with Crippen LogP contribution in [0.15, 0.2) is 42.5 Å². The molecule has 0 radical (unpaired) electrons. The van der Waals surface area contributed by atoms with Gasteiger partial charge in [0.05, 0.1) is 0 Å². The molecule has 0 bridgehead atoms. The monoisotopic (exact) mass is 481 g/mol. The molecule has 2 rings (SSSR count). The van der Waals surface area contributed by atoms with Crippen LogP contribution in [0.4, 0.5) is 5.69 Å². The van der Waals surface area contributed by atoms with Gasteiger partial charge in [-0.15, -0.1) is 0 Å². The lowest BCUT2D eigenvalue weighted by molar-refractivity contribution is -0.120. The van der Waals surface area contributed by atoms with Crippen molar-refractivity contribution in [2.45, 2.75) is 19.8 Å². The van der Waals surface area contributed by atoms with Gasteiger partial charge in [0.2, 0.25) is 5.91 Å². The van der Waals surface area contributed by atoms with E-state index in [0.717, 1.165) is 20.4 Å². The van der Waals surface area contributed by atoms with Gasteiger partial charge in [0.15, 0.2) is 5.11 Å². The quantitative estimate of drug-likeness (QED) is 0.453. The summed E-state index contributed by atoms with van der Waals surface area (Å²) in [6.07, 6.45) is 1.13. The molecule has 0 aromatic heterocycles. The minimum Gasteiger partial charge on any atom is -0.359 e. The summed E-state index contributed by atoms with van der Waals surface area (Å²) in [5.41, 5.74) is 3.52. The third kappa shape index (κ3) is 6.06. The van der Waals surface area contributed by atoms with Crippen molar-refractivity contribution in [3.63, 3.8) is 0 Å². The van der Waals surface area contributed by atoms with Crippen LogP contribution in [0.2, 0.25) is 0 Å². The van der Waals surface area contributed by atoms with E-state index in [2.05, 4.69) is 38.5 Å². The summed E-state index contributed by atoms with van der Waals surface area (Å²) in [5, 5.41) is 8.51. The number of carbonyl (C=O) groups excluding carboxylic acids is 2.